The molecule has 0 aliphatic heterocycles. The highest BCUT2D eigenvalue weighted by Crippen LogP contribution is 2.28. The summed E-state index contributed by atoms with van der Waals surface area (Å²) in [5, 5.41) is 0.182. The molecule has 4 N–H and O–H groups in total. The molecule has 0 radical (unpaired) electrons. The number of nitrogens with two attached hydrogens (primary N) is 2. The lowest BCUT2D eigenvalue weighted by atomic mass is 10.1. The van der Waals surface area contributed by atoms with Gasteiger partial charge in [-0.05, 0) is 0 Å². The molecule has 2 aromatic rings. The first-order valence-corrected chi connectivity index (χ1v) is 4.70. The van der Waals surface area contributed by atoms with Gasteiger partial charge in [0, 0.05) is 5.56 Å². The van der Waals surface area contributed by atoms with E-state index in [4.69, 9.17) is 23.1 Å². The van der Waals surface area contributed by atoms with Gasteiger partial charge in [0.25, 0.3) is 0 Å². The molecular weight excluding hydrogens is 212 g/mol. The van der Waals surface area contributed by atoms with Gasteiger partial charge in [0.15, 0.2) is 5.15 Å². The van der Waals surface area contributed by atoms with Crippen LogP contribution >= 0.6 is 11.6 Å². The molecule has 0 bridgehead atoms. The van der Waals surface area contributed by atoms with Crippen LogP contribution in [0, 0.1) is 0 Å². The Hall–Kier alpha value is -1.81. The van der Waals surface area contributed by atoms with Gasteiger partial charge in [-0.15, -0.1) is 0 Å². The number of rotatable bonds is 1. The molecule has 0 aliphatic carbocycles. The molecule has 0 saturated heterocycles. The smallest absolute Gasteiger partial charge is 0.222 e. The number of aromatic nitrogens is 2. The van der Waals surface area contributed by atoms with Crippen LogP contribution in [0.25, 0.3) is 11.3 Å². The summed E-state index contributed by atoms with van der Waals surface area (Å²) in [5.41, 5.74) is 13.0. The summed E-state index contributed by atoms with van der Waals surface area (Å²) in [6.45, 7) is 0. The van der Waals surface area contributed by atoms with E-state index in [9.17, 15) is 0 Å². The maximum atomic E-state index is 5.81. The van der Waals surface area contributed by atoms with Gasteiger partial charge < -0.3 is 11.5 Å². The lowest BCUT2D eigenvalue weighted by molar-refractivity contribution is 1.19. The summed E-state index contributed by atoms with van der Waals surface area (Å²) >= 11 is 5.81. The zero-order valence-electron chi connectivity index (χ0n) is 7.81. The normalized spacial score (nSPS) is 10.2. The topological polar surface area (TPSA) is 77.8 Å². The van der Waals surface area contributed by atoms with Crippen molar-refractivity contribution >= 4 is 23.2 Å². The number of hydrogen-bond acceptors (Lipinski definition) is 4. The van der Waals surface area contributed by atoms with E-state index in [1.54, 1.807) is 0 Å². The number of benzene rings is 1. The molecule has 0 amide bonds. The second-order valence-corrected chi connectivity index (χ2v) is 3.36. The second kappa shape index (κ2) is 3.74. The Labute approximate surface area is 91.9 Å². The molecule has 5 heteroatoms. The monoisotopic (exact) mass is 220 g/mol. The van der Waals surface area contributed by atoms with Crippen molar-refractivity contribution in [3.63, 3.8) is 0 Å². The zero-order chi connectivity index (χ0) is 10.8. The van der Waals surface area contributed by atoms with E-state index < -0.39 is 0 Å². The Morgan fingerprint density at radius 2 is 1.67 bits per heavy atom. The molecule has 0 atom stereocenters. The maximum Gasteiger partial charge on any atom is 0.222 e. The van der Waals surface area contributed by atoms with Gasteiger partial charge in [-0.1, -0.05) is 41.9 Å². The van der Waals surface area contributed by atoms with Gasteiger partial charge in [0.05, 0.1) is 5.69 Å². The van der Waals surface area contributed by atoms with E-state index in [1.807, 2.05) is 30.3 Å². The van der Waals surface area contributed by atoms with Gasteiger partial charge in [-0.25, -0.2) is 4.98 Å². The Balaban J connectivity index is 2.63. The number of nitrogen functional groups attached to an aromatic ring is 2. The van der Waals surface area contributed by atoms with Crippen molar-refractivity contribution in [3.05, 3.63) is 35.5 Å². The van der Waals surface area contributed by atoms with Crippen molar-refractivity contribution in [3.8, 4) is 11.3 Å². The fourth-order valence-corrected chi connectivity index (χ4v) is 1.45. The zero-order valence-corrected chi connectivity index (χ0v) is 8.57. The minimum atomic E-state index is 0.119. The molecule has 0 unspecified atom stereocenters. The number of nitrogens with zero attached hydrogens (tertiary/aromatic N) is 2. The summed E-state index contributed by atoms with van der Waals surface area (Å²) in [4.78, 5) is 7.83. The van der Waals surface area contributed by atoms with Gasteiger partial charge in [-0.3, -0.25) is 0 Å². The van der Waals surface area contributed by atoms with Gasteiger partial charge in [0.2, 0.25) is 5.95 Å². The summed E-state index contributed by atoms with van der Waals surface area (Å²) < 4.78 is 0. The molecule has 0 saturated carbocycles. The van der Waals surface area contributed by atoms with E-state index in [2.05, 4.69) is 9.97 Å². The van der Waals surface area contributed by atoms with Crippen molar-refractivity contribution in [1.82, 2.24) is 9.97 Å². The van der Waals surface area contributed by atoms with Crippen LogP contribution in [-0.4, -0.2) is 9.97 Å². The minimum Gasteiger partial charge on any atom is -0.394 e. The van der Waals surface area contributed by atoms with Crippen molar-refractivity contribution < 1.29 is 0 Å². The first-order chi connectivity index (χ1) is 7.18. The first kappa shape index (κ1) is 9.73. The highest BCUT2D eigenvalue weighted by molar-refractivity contribution is 6.32. The average molecular weight is 221 g/mol. The first-order valence-electron chi connectivity index (χ1n) is 4.32. The van der Waals surface area contributed by atoms with Gasteiger partial charge in [-0.2, -0.15) is 4.98 Å². The Bertz CT molecular complexity index is 484. The van der Waals surface area contributed by atoms with Crippen LogP contribution in [0.2, 0.25) is 5.15 Å². The summed E-state index contributed by atoms with van der Waals surface area (Å²) in [5.74, 6) is 0.119. The third-order valence-corrected chi connectivity index (χ3v) is 2.25. The average Bonchev–Trinajstić information content (AvgIpc) is 2.24. The van der Waals surface area contributed by atoms with Crippen molar-refractivity contribution in [1.29, 1.82) is 0 Å². The lowest BCUT2D eigenvalue weighted by Gasteiger charge is -2.06. The molecule has 1 aromatic heterocycles. The van der Waals surface area contributed by atoms with Crippen LogP contribution < -0.4 is 11.5 Å². The van der Waals surface area contributed by atoms with Crippen LogP contribution in [-0.2, 0) is 0 Å². The molecule has 0 fully saturated rings. The summed E-state index contributed by atoms with van der Waals surface area (Å²) in [6.07, 6.45) is 0. The van der Waals surface area contributed by atoms with Gasteiger partial charge in [0.1, 0.15) is 5.69 Å². The fourth-order valence-electron chi connectivity index (χ4n) is 1.27. The number of halogens is 1. The Morgan fingerprint density at radius 1 is 1.00 bits per heavy atom. The quantitative estimate of drug-likeness (QED) is 0.721. The van der Waals surface area contributed by atoms with Crippen LogP contribution in [0.1, 0.15) is 0 Å². The van der Waals surface area contributed by atoms with E-state index in [1.165, 1.54) is 0 Å². The van der Waals surface area contributed by atoms with E-state index in [-0.39, 0.29) is 11.1 Å². The molecule has 1 aromatic carbocycles. The largest absolute Gasteiger partial charge is 0.394 e. The number of hydrogen-bond donors (Lipinski definition) is 2. The predicted octanol–water partition coefficient (Wildman–Crippen LogP) is 1.96. The molecule has 4 nitrogen and oxygen atoms in total. The third-order valence-electron chi connectivity index (χ3n) is 1.96. The SMILES string of the molecule is Nc1nc(Cl)c(N)c(-c2ccccc2)n1. The van der Waals surface area contributed by atoms with Crippen molar-refractivity contribution in [2.24, 2.45) is 0 Å². The maximum absolute atomic E-state index is 5.81. The number of anilines is 2. The standard InChI is InChI=1S/C10H9ClN4/c11-9-7(12)8(14-10(13)15-9)6-4-2-1-3-5-6/h1-5H,12H2,(H2,13,14,15). The Morgan fingerprint density at radius 3 is 2.33 bits per heavy atom. The van der Waals surface area contributed by atoms with E-state index in [0.29, 0.717) is 11.4 Å². The Kier molecular flexibility index (Phi) is 2.43. The molecule has 0 aliphatic rings. The second-order valence-electron chi connectivity index (χ2n) is 3.00. The third kappa shape index (κ3) is 1.85. The van der Waals surface area contributed by atoms with Crippen LogP contribution in [0.3, 0.4) is 0 Å². The van der Waals surface area contributed by atoms with Gasteiger partial charge >= 0.3 is 0 Å². The molecule has 1 heterocycles. The van der Waals surface area contributed by atoms with Crippen LogP contribution in [0.4, 0.5) is 11.6 Å². The highest BCUT2D eigenvalue weighted by atomic mass is 35.5. The highest BCUT2D eigenvalue weighted by Gasteiger charge is 2.09. The molecule has 0 spiro atoms. The lowest BCUT2D eigenvalue weighted by Crippen LogP contribution is -2.02. The minimum absolute atomic E-state index is 0.119. The van der Waals surface area contributed by atoms with Crippen molar-refractivity contribution in [2.75, 3.05) is 11.5 Å². The molecule has 2 rings (SSSR count). The fraction of sp³-hybridized carbons (Fsp3) is 0. The predicted molar refractivity (Wildman–Crippen MR) is 61.3 cm³/mol. The van der Waals surface area contributed by atoms with E-state index in [0.717, 1.165) is 5.56 Å². The summed E-state index contributed by atoms with van der Waals surface area (Å²) in [7, 11) is 0. The molecular formula is C10H9ClN4. The van der Waals surface area contributed by atoms with Crippen LogP contribution in [0.15, 0.2) is 30.3 Å². The summed E-state index contributed by atoms with van der Waals surface area (Å²) in [6, 6.07) is 9.46. The molecule has 76 valence electrons. The van der Waals surface area contributed by atoms with Crippen molar-refractivity contribution in [2.45, 2.75) is 0 Å². The molecule has 15 heavy (non-hydrogen) atoms. The van der Waals surface area contributed by atoms with E-state index >= 15 is 0 Å². The van der Waals surface area contributed by atoms with Crippen LogP contribution in [0.5, 0.6) is 0 Å².